The van der Waals surface area contributed by atoms with Crippen LogP contribution in [-0.4, -0.2) is 20.5 Å². The van der Waals surface area contributed by atoms with E-state index in [0.717, 1.165) is 5.56 Å². The Morgan fingerprint density at radius 3 is 2.61 bits per heavy atom. The maximum absolute atomic E-state index is 12.2. The highest BCUT2D eigenvalue weighted by molar-refractivity contribution is 7.87. The Labute approximate surface area is 102 Å². The Morgan fingerprint density at radius 2 is 1.94 bits per heavy atom. The molecule has 1 aliphatic rings. The summed E-state index contributed by atoms with van der Waals surface area (Å²) in [5.74, 6) is 0. The molecule has 2 rings (SSSR count). The molecule has 0 aromatic heterocycles. The summed E-state index contributed by atoms with van der Waals surface area (Å²) in [6.45, 7) is 0.356. The summed E-state index contributed by atoms with van der Waals surface area (Å²) >= 11 is 0. The first kappa shape index (κ1) is 13.3. The van der Waals surface area contributed by atoms with Crippen molar-refractivity contribution in [3.05, 3.63) is 35.4 Å². The van der Waals surface area contributed by atoms with Crippen molar-refractivity contribution in [3.63, 3.8) is 0 Å². The fourth-order valence-electron chi connectivity index (χ4n) is 1.73. The average molecular weight is 281 g/mol. The Kier molecular flexibility index (Phi) is 3.35. The number of nitrogens with one attached hydrogen (secondary N) is 1. The quantitative estimate of drug-likeness (QED) is 0.662. The summed E-state index contributed by atoms with van der Waals surface area (Å²) in [5, 5.41) is 2.60. The van der Waals surface area contributed by atoms with Gasteiger partial charge >= 0.3 is 15.6 Å². The molecule has 1 N–H and O–H groups in total. The van der Waals surface area contributed by atoms with Gasteiger partial charge in [0.1, 0.15) is 0 Å². The second kappa shape index (κ2) is 4.52. The third-order valence-corrected chi connectivity index (χ3v) is 3.58. The summed E-state index contributed by atoms with van der Waals surface area (Å²) in [4.78, 5) is 0. The van der Waals surface area contributed by atoms with Gasteiger partial charge in [0.15, 0.2) is 6.23 Å². The van der Waals surface area contributed by atoms with Gasteiger partial charge in [-0.25, -0.2) is 4.18 Å². The third kappa shape index (κ3) is 2.50. The lowest BCUT2D eigenvalue weighted by Gasteiger charge is -2.26. The molecule has 1 aromatic rings. The fraction of sp³-hybridized carbons (Fsp3) is 0.400. The molecule has 18 heavy (non-hydrogen) atoms. The van der Waals surface area contributed by atoms with Gasteiger partial charge in [0.25, 0.3) is 0 Å². The van der Waals surface area contributed by atoms with E-state index in [1.54, 1.807) is 18.2 Å². The zero-order chi connectivity index (χ0) is 13.4. The molecule has 8 heteroatoms. The maximum Gasteiger partial charge on any atom is 0.523 e. The van der Waals surface area contributed by atoms with E-state index >= 15 is 0 Å². The number of fused-ring (bicyclic) bond motifs is 1. The number of hydrogen-bond acceptors (Lipinski definition) is 4. The highest BCUT2D eigenvalue weighted by atomic mass is 32.2. The fourth-order valence-corrected chi connectivity index (χ4v) is 2.27. The molecule has 0 amide bonds. The van der Waals surface area contributed by atoms with Crippen LogP contribution in [0.3, 0.4) is 0 Å². The van der Waals surface area contributed by atoms with E-state index in [1.807, 2.05) is 0 Å². The van der Waals surface area contributed by atoms with Crippen molar-refractivity contribution in [2.45, 2.75) is 18.2 Å². The lowest BCUT2D eigenvalue weighted by Crippen LogP contribution is -2.36. The van der Waals surface area contributed by atoms with Gasteiger partial charge in [-0.15, -0.1) is 0 Å². The van der Waals surface area contributed by atoms with Crippen LogP contribution in [0.4, 0.5) is 13.2 Å². The summed E-state index contributed by atoms with van der Waals surface area (Å²) in [5.41, 5.74) is -4.23. The highest BCUT2D eigenvalue weighted by Crippen LogP contribution is 2.31. The summed E-state index contributed by atoms with van der Waals surface area (Å²) in [6, 6.07) is 6.62. The molecule has 1 aromatic carbocycles. The van der Waals surface area contributed by atoms with Crippen molar-refractivity contribution >= 4 is 10.1 Å². The van der Waals surface area contributed by atoms with Gasteiger partial charge in [0.05, 0.1) is 0 Å². The summed E-state index contributed by atoms with van der Waals surface area (Å²) in [6.07, 6.45) is -0.677. The third-order valence-electron chi connectivity index (χ3n) is 2.57. The molecule has 1 atom stereocenters. The van der Waals surface area contributed by atoms with Gasteiger partial charge in [-0.2, -0.15) is 21.6 Å². The van der Waals surface area contributed by atoms with Gasteiger partial charge in [-0.3, -0.25) is 5.32 Å². The number of halogens is 3. The van der Waals surface area contributed by atoms with Gasteiger partial charge in [-0.1, -0.05) is 24.3 Å². The van der Waals surface area contributed by atoms with Crippen molar-refractivity contribution < 1.29 is 25.8 Å². The average Bonchev–Trinajstić information content (AvgIpc) is 2.27. The van der Waals surface area contributed by atoms with Gasteiger partial charge < -0.3 is 0 Å². The first-order valence-corrected chi connectivity index (χ1v) is 6.53. The number of benzene rings is 1. The van der Waals surface area contributed by atoms with Gasteiger partial charge in [0, 0.05) is 6.54 Å². The molecule has 0 bridgehead atoms. The number of alkyl halides is 3. The molecule has 1 unspecified atom stereocenters. The highest BCUT2D eigenvalue weighted by Gasteiger charge is 2.49. The Bertz CT molecular complexity index is 542. The normalized spacial score (nSPS) is 20.5. The van der Waals surface area contributed by atoms with E-state index in [9.17, 15) is 21.6 Å². The molecule has 100 valence electrons. The van der Waals surface area contributed by atoms with Crippen LogP contribution in [0.5, 0.6) is 0 Å². The van der Waals surface area contributed by atoms with Crippen molar-refractivity contribution in [1.82, 2.24) is 5.32 Å². The molecular formula is C10H10F3NO3S. The predicted molar refractivity (Wildman–Crippen MR) is 56.9 cm³/mol. The minimum atomic E-state index is -5.60. The maximum atomic E-state index is 12.2. The molecule has 1 aliphatic heterocycles. The Morgan fingerprint density at radius 1 is 1.28 bits per heavy atom. The lowest BCUT2D eigenvalue weighted by molar-refractivity contribution is -0.0589. The van der Waals surface area contributed by atoms with E-state index in [-0.39, 0.29) is 0 Å². The zero-order valence-corrected chi connectivity index (χ0v) is 9.88. The number of hydrogen-bond donors (Lipinski definition) is 1. The largest absolute Gasteiger partial charge is 0.523 e. The number of rotatable bonds is 2. The molecule has 0 radical (unpaired) electrons. The van der Waals surface area contributed by atoms with E-state index in [1.165, 1.54) is 6.07 Å². The van der Waals surface area contributed by atoms with Crippen molar-refractivity contribution in [2.75, 3.05) is 6.54 Å². The topological polar surface area (TPSA) is 55.4 Å². The van der Waals surface area contributed by atoms with E-state index in [2.05, 4.69) is 9.50 Å². The van der Waals surface area contributed by atoms with Crippen molar-refractivity contribution in [1.29, 1.82) is 0 Å². The van der Waals surface area contributed by atoms with Crippen LogP contribution in [0.2, 0.25) is 0 Å². The first-order valence-electron chi connectivity index (χ1n) is 5.12. The molecular weight excluding hydrogens is 271 g/mol. The van der Waals surface area contributed by atoms with Crippen LogP contribution >= 0.6 is 0 Å². The summed E-state index contributed by atoms with van der Waals surface area (Å²) in [7, 11) is -5.60. The van der Waals surface area contributed by atoms with Crippen LogP contribution in [0.15, 0.2) is 24.3 Å². The van der Waals surface area contributed by atoms with E-state index in [4.69, 9.17) is 0 Å². The van der Waals surface area contributed by atoms with Crippen LogP contribution < -0.4 is 5.32 Å². The second-order valence-electron chi connectivity index (χ2n) is 3.78. The Balaban J connectivity index is 2.28. The monoisotopic (exact) mass is 281 g/mol. The zero-order valence-electron chi connectivity index (χ0n) is 9.07. The van der Waals surface area contributed by atoms with Crippen molar-refractivity contribution in [2.24, 2.45) is 0 Å². The van der Waals surface area contributed by atoms with Crippen LogP contribution in [0.25, 0.3) is 0 Å². The van der Waals surface area contributed by atoms with Crippen LogP contribution in [0.1, 0.15) is 17.4 Å². The lowest BCUT2D eigenvalue weighted by atomic mass is 10.0. The van der Waals surface area contributed by atoms with E-state index < -0.39 is 21.9 Å². The van der Waals surface area contributed by atoms with E-state index in [0.29, 0.717) is 18.5 Å². The smallest absolute Gasteiger partial charge is 0.287 e. The standard InChI is InChI=1S/C10H10F3NO3S/c11-10(12,13)18(15,16)17-9-8-4-2-1-3-7(8)5-6-14-9/h1-4,9,14H,5-6H2. The minimum absolute atomic E-state index is 0.356. The molecule has 4 nitrogen and oxygen atoms in total. The molecule has 0 fully saturated rings. The van der Waals surface area contributed by atoms with Crippen LogP contribution in [0, 0.1) is 0 Å². The summed E-state index contributed by atoms with van der Waals surface area (Å²) < 4.78 is 62.8. The van der Waals surface area contributed by atoms with Gasteiger partial charge in [0.2, 0.25) is 0 Å². The SMILES string of the molecule is O=S(=O)(OC1NCCc2ccccc21)C(F)(F)F. The first-order chi connectivity index (χ1) is 8.31. The van der Waals surface area contributed by atoms with Crippen molar-refractivity contribution in [3.8, 4) is 0 Å². The predicted octanol–water partition coefficient (Wildman–Crippen LogP) is 1.70. The molecule has 1 heterocycles. The molecule has 0 saturated carbocycles. The molecule has 0 aliphatic carbocycles. The Hall–Kier alpha value is -1.12. The van der Waals surface area contributed by atoms with Gasteiger partial charge in [-0.05, 0) is 17.5 Å². The minimum Gasteiger partial charge on any atom is -0.287 e. The second-order valence-corrected chi connectivity index (χ2v) is 5.34. The van der Waals surface area contributed by atoms with Crippen LogP contribution in [-0.2, 0) is 20.7 Å². The molecule has 0 saturated heterocycles. The molecule has 0 spiro atoms.